The molecule has 4 heterocycles. The summed E-state index contributed by atoms with van der Waals surface area (Å²) in [5.41, 5.74) is 1.31. The summed E-state index contributed by atoms with van der Waals surface area (Å²) >= 11 is 5.73. The van der Waals surface area contributed by atoms with E-state index in [0.29, 0.717) is 28.7 Å². The molecule has 3 aromatic rings. The van der Waals surface area contributed by atoms with Gasteiger partial charge in [0.25, 0.3) is 5.69 Å². The van der Waals surface area contributed by atoms with Crippen LogP contribution in [-0.4, -0.2) is 64.2 Å². The van der Waals surface area contributed by atoms with E-state index in [-0.39, 0.29) is 17.8 Å². The minimum absolute atomic E-state index is 0.00826. The van der Waals surface area contributed by atoms with Crippen LogP contribution in [0.15, 0.2) is 65.2 Å². The number of para-hydroxylation sites is 1. The third-order valence-electron chi connectivity index (χ3n) is 6.24. The lowest BCUT2D eigenvalue weighted by molar-refractivity contribution is -0.384. The first-order valence-electron chi connectivity index (χ1n) is 11.2. The minimum Gasteiger partial charge on any atom is -0.459 e. The summed E-state index contributed by atoms with van der Waals surface area (Å²) in [5, 5.41) is 15.6. The Morgan fingerprint density at radius 1 is 1.09 bits per heavy atom. The van der Waals surface area contributed by atoms with Crippen LogP contribution in [0.2, 0.25) is 0 Å². The predicted octanol–water partition coefficient (Wildman–Crippen LogP) is 3.55. The van der Waals surface area contributed by atoms with Crippen LogP contribution in [0.1, 0.15) is 23.5 Å². The van der Waals surface area contributed by atoms with Gasteiger partial charge in [-0.05, 0) is 42.5 Å². The number of nitrogens with one attached hydrogen (secondary N) is 1. The molecule has 5 rings (SSSR count). The van der Waals surface area contributed by atoms with E-state index in [2.05, 4.69) is 20.1 Å². The highest BCUT2D eigenvalue weighted by Gasteiger charge is 2.41. The maximum Gasteiger partial charge on any atom is 0.280 e. The van der Waals surface area contributed by atoms with Gasteiger partial charge in [0.1, 0.15) is 17.6 Å². The first-order valence-corrected chi connectivity index (χ1v) is 11.6. The number of morpholine rings is 1. The standard InChI is InChI=1S/C24H25N5O4S/c30-29(31)19-7-2-1-5-17(19)20-8-9-21(33-20)23-22(18-6-3-4-10-25-18)26-24(34)28(23)12-11-27-13-15-32-16-14-27/h1-10,22-23H,11-16H2,(H,26,34)/t22-,23+/m0/s1. The van der Waals surface area contributed by atoms with Crippen LogP contribution in [0.25, 0.3) is 11.3 Å². The molecular formula is C24H25N5O4S. The molecule has 176 valence electrons. The maximum atomic E-state index is 11.5. The topological polar surface area (TPSA) is 96.9 Å². The zero-order valence-corrected chi connectivity index (χ0v) is 19.3. The van der Waals surface area contributed by atoms with Gasteiger partial charge in [0.15, 0.2) is 5.11 Å². The monoisotopic (exact) mass is 479 g/mol. The van der Waals surface area contributed by atoms with Crippen LogP contribution in [0.4, 0.5) is 5.69 Å². The highest BCUT2D eigenvalue weighted by Crippen LogP contribution is 2.41. The van der Waals surface area contributed by atoms with Crippen molar-refractivity contribution in [3.05, 3.63) is 82.4 Å². The van der Waals surface area contributed by atoms with Crippen molar-refractivity contribution in [2.24, 2.45) is 0 Å². The zero-order valence-electron chi connectivity index (χ0n) is 18.5. The van der Waals surface area contributed by atoms with Crippen molar-refractivity contribution in [1.82, 2.24) is 20.1 Å². The van der Waals surface area contributed by atoms with Gasteiger partial charge in [-0.1, -0.05) is 18.2 Å². The number of nitrogens with zero attached hydrogens (tertiary/aromatic N) is 4. The molecule has 1 aromatic carbocycles. The number of rotatable bonds is 7. The van der Waals surface area contributed by atoms with E-state index in [0.717, 1.165) is 38.5 Å². The van der Waals surface area contributed by atoms with Crippen LogP contribution in [0.5, 0.6) is 0 Å². The third-order valence-corrected chi connectivity index (χ3v) is 6.60. The lowest BCUT2D eigenvalue weighted by atomic mass is 10.0. The molecule has 2 saturated heterocycles. The Labute approximate surface area is 202 Å². The van der Waals surface area contributed by atoms with Crippen LogP contribution in [0, 0.1) is 10.1 Å². The average molecular weight is 480 g/mol. The second-order valence-corrected chi connectivity index (χ2v) is 8.64. The number of nitro benzene ring substituents is 1. The Bertz CT molecular complexity index is 1160. The molecule has 1 N–H and O–H groups in total. The Kier molecular flexibility index (Phi) is 6.52. The highest BCUT2D eigenvalue weighted by molar-refractivity contribution is 7.80. The fourth-order valence-corrected chi connectivity index (χ4v) is 4.86. The Morgan fingerprint density at radius 2 is 1.88 bits per heavy atom. The van der Waals surface area contributed by atoms with E-state index in [9.17, 15) is 10.1 Å². The van der Waals surface area contributed by atoms with Gasteiger partial charge in [-0.25, -0.2) is 0 Å². The number of aromatic nitrogens is 1. The summed E-state index contributed by atoms with van der Waals surface area (Å²) in [6.07, 6.45) is 1.76. The lowest BCUT2D eigenvalue weighted by Gasteiger charge is -2.31. The van der Waals surface area contributed by atoms with Gasteiger partial charge in [0.2, 0.25) is 0 Å². The molecule has 2 aliphatic heterocycles. The molecule has 0 aliphatic carbocycles. The van der Waals surface area contributed by atoms with Crippen LogP contribution in [-0.2, 0) is 4.74 Å². The van der Waals surface area contributed by atoms with Crippen molar-refractivity contribution in [1.29, 1.82) is 0 Å². The van der Waals surface area contributed by atoms with E-state index in [1.165, 1.54) is 6.07 Å². The largest absolute Gasteiger partial charge is 0.459 e. The molecule has 0 bridgehead atoms. The van der Waals surface area contributed by atoms with Gasteiger partial charge in [-0.15, -0.1) is 0 Å². The fraction of sp³-hybridized carbons (Fsp3) is 0.333. The van der Waals surface area contributed by atoms with Crippen LogP contribution >= 0.6 is 12.2 Å². The van der Waals surface area contributed by atoms with Gasteiger partial charge in [-0.2, -0.15) is 0 Å². The summed E-state index contributed by atoms with van der Waals surface area (Å²) in [6, 6.07) is 15.6. The first-order chi connectivity index (χ1) is 16.6. The van der Waals surface area contributed by atoms with E-state index in [1.54, 1.807) is 30.5 Å². The van der Waals surface area contributed by atoms with Crippen LogP contribution < -0.4 is 5.32 Å². The van der Waals surface area contributed by atoms with Gasteiger partial charge in [-0.3, -0.25) is 20.0 Å². The van der Waals surface area contributed by atoms with Gasteiger partial charge < -0.3 is 19.4 Å². The molecule has 10 heteroatoms. The summed E-state index contributed by atoms with van der Waals surface area (Å²) in [4.78, 5) is 20.2. The molecule has 9 nitrogen and oxygen atoms in total. The Hall–Kier alpha value is -3.34. The van der Waals surface area contributed by atoms with Gasteiger partial charge in [0.05, 0.1) is 35.4 Å². The second kappa shape index (κ2) is 9.88. The number of nitro groups is 1. The number of hydrogen-bond acceptors (Lipinski definition) is 7. The van der Waals surface area contributed by atoms with Crippen LogP contribution in [0.3, 0.4) is 0 Å². The fourth-order valence-electron chi connectivity index (χ4n) is 4.53. The highest BCUT2D eigenvalue weighted by atomic mass is 32.1. The number of pyridine rings is 1. The van der Waals surface area contributed by atoms with Crippen molar-refractivity contribution in [2.75, 3.05) is 39.4 Å². The zero-order chi connectivity index (χ0) is 23.5. The second-order valence-electron chi connectivity index (χ2n) is 8.25. The van der Waals surface area contributed by atoms with Crippen molar-refractivity contribution in [2.45, 2.75) is 12.1 Å². The number of benzene rings is 1. The van der Waals surface area contributed by atoms with Crippen molar-refractivity contribution in [3.8, 4) is 11.3 Å². The minimum atomic E-state index is -0.394. The summed E-state index contributed by atoms with van der Waals surface area (Å²) in [6.45, 7) is 4.81. The van der Waals surface area contributed by atoms with Crippen molar-refractivity contribution >= 4 is 23.0 Å². The van der Waals surface area contributed by atoms with Gasteiger partial charge >= 0.3 is 0 Å². The first kappa shape index (κ1) is 22.5. The molecule has 0 saturated carbocycles. The van der Waals surface area contributed by atoms with E-state index in [4.69, 9.17) is 21.4 Å². The smallest absolute Gasteiger partial charge is 0.280 e. The summed E-state index contributed by atoms with van der Waals surface area (Å²) in [5.74, 6) is 1.13. The van der Waals surface area contributed by atoms with E-state index in [1.807, 2.05) is 24.3 Å². The summed E-state index contributed by atoms with van der Waals surface area (Å²) < 4.78 is 11.7. The normalized spacial score (nSPS) is 20.9. The van der Waals surface area contributed by atoms with E-state index >= 15 is 0 Å². The Morgan fingerprint density at radius 3 is 2.65 bits per heavy atom. The third kappa shape index (κ3) is 4.52. The Balaban J connectivity index is 1.47. The lowest BCUT2D eigenvalue weighted by Crippen LogP contribution is -2.42. The molecule has 2 aliphatic rings. The summed E-state index contributed by atoms with van der Waals surface area (Å²) in [7, 11) is 0. The molecule has 2 atom stereocenters. The predicted molar refractivity (Wildman–Crippen MR) is 130 cm³/mol. The number of hydrogen-bond donors (Lipinski definition) is 1. The van der Waals surface area contributed by atoms with Crippen molar-refractivity contribution < 1.29 is 14.1 Å². The molecule has 0 unspecified atom stereocenters. The molecule has 0 radical (unpaired) electrons. The number of thiocarbonyl (C=S) groups is 1. The quantitative estimate of drug-likeness (QED) is 0.310. The molecular weight excluding hydrogens is 454 g/mol. The SMILES string of the molecule is O=[N+]([O-])c1ccccc1-c1ccc([C@@H]2[C@H](c3ccccn3)NC(=S)N2CCN2CCOCC2)o1. The molecule has 0 spiro atoms. The van der Waals surface area contributed by atoms with Gasteiger partial charge in [0, 0.05) is 38.4 Å². The maximum absolute atomic E-state index is 11.5. The van der Waals surface area contributed by atoms with Crippen molar-refractivity contribution in [3.63, 3.8) is 0 Å². The molecule has 2 fully saturated rings. The molecule has 2 aromatic heterocycles. The molecule has 34 heavy (non-hydrogen) atoms. The molecule has 0 amide bonds. The number of ether oxygens (including phenoxy) is 1. The number of furan rings is 1. The van der Waals surface area contributed by atoms with E-state index < -0.39 is 4.92 Å². The average Bonchev–Trinajstić information content (AvgIpc) is 3.48.